The zero-order valence-corrected chi connectivity index (χ0v) is 17.4. The minimum atomic E-state index is -0.444. The number of benzene rings is 1. The third-order valence-electron chi connectivity index (χ3n) is 5.19. The second-order valence-electron chi connectivity index (χ2n) is 7.13. The van der Waals surface area contributed by atoms with Crippen LogP contribution in [0.2, 0.25) is 0 Å². The number of nitrogens with zero attached hydrogens (tertiary/aromatic N) is 4. The third-order valence-corrected chi connectivity index (χ3v) is 6.00. The van der Waals surface area contributed by atoms with Gasteiger partial charge in [-0.15, -0.1) is 0 Å². The number of anilines is 1. The molecule has 7 nitrogen and oxygen atoms in total. The van der Waals surface area contributed by atoms with Crippen molar-refractivity contribution in [2.75, 3.05) is 37.6 Å². The Labute approximate surface area is 178 Å². The van der Waals surface area contributed by atoms with Gasteiger partial charge in [0.25, 0.3) is 11.1 Å². The molecule has 4 rings (SSSR count). The number of rotatable bonds is 4. The maximum absolute atomic E-state index is 14.6. The number of likely N-dealkylation sites (N-methyl/N-ethyl adjacent to an activating group) is 1. The van der Waals surface area contributed by atoms with Crippen LogP contribution in [0.3, 0.4) is 0 Å². The van der Waals surface area contributed by atoms with Crippen LogP contribution in [-0.4, -0.2) is 58.7 Å². The molecule has 0 atom stereocenters. The van der Waals surface area contributed by atoms with Crippen LogP contribution in [0.5, 0.6) is 0 Å². The highest BCUT2D eigenvalue weighted by molar-refractivity contribution is 8.18. The molecule has 0 bridgehead atoms. The molecule has 0 unspecified atom stereocenters. The van der Waals surface area contributed by atoms with Gasteiger partial charge in [0, 0.05) is 25.2 Å². The van der Waals surface area contributed by atoms with E-state index in [4.69, 9.17) is 0 Å². The zero-order valence-electron chi connectivity index (χ0n) is 16.6. The lowest BCUT2D eigenvalue weighted by Gasteiger charge is -2.22. The molecule has 9 heteroatoms. The normalized spacial score (nSPS) is 19.3. The second kappa shape index (κ2) is 8.93. The lowest BCUT2D eigenvalue weighted by Crippen LogP contribution is -2.31. The molecule has 2 amide bonds. The summed E-state index contributed by atoms with van der Waals surface area (Å²) in [5, 5.41) is 1.80. The van der Waals surface area contributed by atoms with Gasteiger partial charge in [-0.05, 0) is 55.0 Å². The fourth-order valence-electron chi connectivity index (χ4n) is 3.56. The summed E-state index contributed by atoms with van der Waals surface area (Å²) in [6.07, 6.45) is 5.85. The molecular weight excluding hydrogens is 405 g/mol. The quantitative estimate of drug-likeness (QED) is 0.751. The van der Waals surface area contributed by atoms with E-state index in [9.17, 15) is 14.0 Å². The smallest absolute Gasteiger partial charge is 0.290 e. The molecule has 0 radical (unpaired) electrons. The molecule has 2 saturated heterocycles. The molecule has 2 aliphatic rings. The highest BCUT2D eigenvalue weighted by Gasteiger charge is 2.25. The Bertz CT molecular complexity index is 1010. The van der Waals surface area contributed by atoms with Crippen LogP contribution >= 0.6 is 11.8 Å². The summed E-state index contributed by atoms with van der Waals surface area (Å²) in [6, 6.07) is 4.52. The molecule has 2 fully saturated rings. The Hall–Kier alpha value is -2.78. The van der Waals surface area contributed by atoms with Crippen molar-refractivity contribution in [3.8, 4) is 11.3 Å². The van der Waals surface area contributed by atoms with Gasteiger partial charge in [0.2, 0.25) is 0 Å². The number of halogens is 1. The fourth-order valence-corrected chi connectivity index (χ4v) is 4.24. The first kappa shape index (κ1) is 20.5. The van der Waals surface area contributed by atoms with Gasteiger partial charge in [0.15, 0.2) is 0 Å². The Morgan fingerprint density at radius 2 is 2.07 bits per heavy atom. The van der Waals surface area contributed by atoms with Gasteiger partial charge in [-0.25, -0.2) is 9.37 Å². The first-order valence-electron chi connectivity index (χ1n) is 9.87. The number of amides is 2. The van der Waals surface area contributed by atoms with Crippen LogP contribution in [0.1, 0.15) is 18.9 Å². The summed E-state index contributed by atoms with van der Waals surface area (Å²) >= 11 is 0.829. The van der Waals surface area contributed by atoms with Crippen LogP contribution < -0.4 is 10.2 Å². The van der Waals surface area contributed by atoms with Crippen LogP contribution in [0.15, 0.2) is 35.5 Å². The SMILES string of the molecule is CCN1CCCN(c2cncc(-c3cc(C=C4SC(=O)NC4=O)ccc3F)n2)CC1. The van der Waals surface area contributed by atoms with E-state index < -0.39 is 17.0 Å². The number of hydrogen-bond donors (Lipinski definition) is 1. The summed E-state index contributed by atoms with van der Waals surface area (Å²) in [5.74, 6) is -0.138. The summed E-state index contributed by atoms with van der Waals surface area (Å²) in [7, 11) is 0. The van der Waals surface area contributed by atoms with Crippen LogP contribution in [0.4, 0.5) is 15.0 Å². The van der Waals surface area contributed by atoms with Crippen molar-refractivity contribution in [1.29, 1.82) is 0 Å². The highest BCUT2D eigenvalue weighted by atomic mass is 32.2. The average Bonchev–Trinajstić information content (AvgIpc) is 2.94. The van der Waals surface area contributed by atoms with E-state index in [1.807, 2.05) is 0 Å². The van der Waals surface area contributed by atoms with Gasteiger partial charge in [-0.3, -0.25) is 19.9 Å². The number of nitrogens with one attached hydrogen (secondary N) is 1. The topological polar surface area (TPSA) is 78.4 Å². The van der Waals surface area contributed by atoms with E-state index in [0.717, 1.165) is 56.7 Å². The summed E-state index contributed by atoms with van der Waals surface area (Å²) in [4.78, 5) is 36.9. The van der Waals surface area contributed by atoms with E-state index in [1.165, 1.54) is 12.3 Å². The number of hydrogen-bond acceptors (Lipinski definition) is 7. The van der Waals surface area contributed by atoms with Crippen LogP contribution in [-0.2, 0) is 4.79 Å². The number of thioether (sulfide) groups is 1. The standard InChI is InChI=1S/C21H22FN5O2S/c1-2-26-6-3-7-27(9-8-26)19-13-23-12-17(24-19)15-10-14(4-5-16(15)22)11-18-20(28)25-21(29)30-18/h4-5,10-13H,2-3,6-9H2,1H3,(H,25,28,29). The van der Waals surface area contributed by atoms with E-state index in [0.29, 0.717) is 16.8 Å². The van der Waals surface area contributed by atoms with E-state index >= 15 is 0 Å². The Kier molecular flexibility index (Phi) is 6.10. The van der Waals surface area contributed by atoms with Crippen molar-refractivity contribution < 1.29 is 14.0 Å². The highest BCUT2D eigenvalue weighted by Crippen LogP contribution is 2.29. The van der Waals surface area contributed by atoms with E-state index in [-0.39, 0.29) is 4.91 Å². The molecule has 156 valence electrons. The predicted molar refractivity (Wildman–Crippen MR) is 115 cm³/mol. The molecule has 1 N–H and O–H groups in total. The predicted octanol–water partition coefficient (Wildman–Crippen LogP) is 3.14. The van der Waals surface area contributed by atoms with Gasteiger partial charge in [-0.1, -0.05) is 13.0 Å². The van der Waals surface area contributed by atoms with Crippen molar-refractivity contribution >= 4 is 34.8 Å². The Morgan fingerprint density at radius 1 is 1.20 bits per heavy atom. The van der Waals surface area contributed by atoms with E-state index in [1.54, 1.807) is 24.4 Å². The first-order valence-corrected chi connectivity index (χ1v) is 10.7. The average molecular weight is 428 g/mol. The maximum Gasteiger partial charge on any atom is 0.290 e. The number of aromatic nitrogens is 2. The summed E-state index contributed by atoms with van der Waals surface area (Å²) < 4.78 is 14.6. The van der Waals surface area contributed by atoms with Crippen molar-refractivity contribution in [1.82, 2.24) is 20.2 Å². The monoisotopic (exact) mass is 427 g/mol. The van der Waals surface area contributed by atoms with Gasteiger partial charge in [0.1, 0.15) is 11.6 Å². The molecule has 2 aromatic rings. The first-order chi connectivity index (χ1) is 14.5. The summed E-state index contributed by atoms with van der Waals surface area (Å²) in [6.45, 7) is 6.92. The zero-order chi connectivity index (χ0) is 21.1. The molecule has 0 spiro atoms. The van der Waals surface area contributed by atoms with Crippen LogP contribution in [0.25, 0.3) is 17.3 Å². The molecule has 30 heavy (non-hydrogen) atoms. The van der Waals surface area contributed by atoms with Gasteiger partial charge < -0.3 is 9.80 Å². The van der Waals surface area contributed by atoms with Crippen molar-refractivity contribution in [2.24, 2.45) is 0 Å². The van der Waals surface area contributed by atoms with Gasteiger partial charge in [-0.2, -0.15) is 0 Å². The van der Waals surface area contributed by atoms with Crippen molar-refractivity contribution in [3.05, 3.63) is 46.9 Å². The van der Waals surface area contributed by atoms with Crippen molar-refractivity contribution in [2.45, 2.75) is 13.3 Å². The van der Waals surface area contributed by atoms with Crippen LogP contribution in [0, 0.1) is 5.82 Å². The lowest BCUT2D eigenvalue weighted by molar-refractivity contribution is -0.115. The third kappa shape index (κ3) is 4.52. The van der Waals surface area contributed by atoms with E-state index in [2.05, 4.69) is 32.0 Å². The molecule has 0 saturated carbocycles. The Morgan fingerprint density at radius 3 is 2.83 bits per heavy atom. The molecule has 0 aliphatic carbocycles. The number of carbonyl (C=O) groups is 2. The molecule has 1 aromatic heterocycles. The minimum absolute atomic E-state index is 0.280. The lowest BCUT2D eigenvalue weighted by atomic mass is 10.1. The molecule has 3 heterocycles. The fraction of sp³-hybridized carbons (Fsp3) is 0.333. The molecule has 1 aromatic carbocycles. The Balaban J connectivity index is 1.61. The summed E-state index contributed by atoms with van der Waals surface area (Å²) in [5.41, 5.74) is 1.35. The number of imide groups is 1. The second-order valence-corrected chi connectivity index (χ2v) is 8.14. The maximum atomic E-state index is 14.6. The van der Waals surface area contributed by atoms with Crippen molar-refractivity contribution in [3.63, 3.8) is 0 Å². The molecular formula is C21H22FN5O2S. The molecule has 2 aliphatic heterocycles. The largest absolute Gasteiger partial charge is 0.354 e. The van der Waals surface area contributed by atoms with Gasteiger partial charge in [0.05, 0.1) is 23.0 Å². The minimum Gasteiger partial charge on any atom is -0.354 e. The van der Waals surface area contributed by atoms with Gasteiger partial charge >= 0.3 is 0 Å². The number of carbonyl (C=O) groups excluding carboxylic acids is 2.